The van der Waals surface area contributed by atoms with Crippen molar-refractivity contribution >= 4 is 28.6 Å². The van der Waals surface area contributed by atoms with Crippen LogP contribution in [0.2, 0.25) is 0 Å². The van der Waals surface area contributed by atoms with Crippen LogP contribution in [0.1, 0.15) is 11.6 Å². The quantitative estimate of drug-likeness (QED) is 0.695. The Morgan fingerprint density at radius 2 is 2.05 bits per heavy atom. The number of fused-ring (bicyclic) bond motifs is 1. The average molecular weight is 292 g/mol. The first kappa shape index (κ1) is 14.0. The summed E-state index contributed by atoms with van der Waals surface area (Å²) >= 11 is 0. The Kier molecular flexibility index (Phi) is 3.43. The van der Waals surface area contributed by atoms with Crippen LogP contribution in [0.15, 0.2) is 40.8 Å². The number of imidazole rings is 1. The van der Waals surface area contributed by atoms with Crippen molar-refractivity contribution < 1.29 is 4.42 Å². The molecule has 0 aliphatic carbocycles. The van der Waals surface area contributed by atoms with E-state index in [2.05, 4.69) is 11.1 Å². The molecule has 0 aliphatic rings. The third-order valence-corrected chi connectivity index (χ3v) is 3.49. The van der Waals surface area contributed by atoms with Gasteiger partial charge >= 0.3 is 0 Å². The van der Waals surface area contributed by atoms with Crippen molar-refractivity contribution in [2.45, 2.75) is 0 Å². The van der Waals surface area contributed by atoms with Crippen LogP contribution >= 0.6 is 0 Å². The highest BCUT2D eigenvalue weighted by atomic mass is 16.4. The van der Waals surface area contributed by atoms with E-state index in [1.807, 2.05) is 67.0 Å². The number of anilines is 1. The molecule has 3 rings (SSSR count). The molecule has 0 atom stereocenters. The first-order chi connectivity index (χ1) is 10.6. The van der Waals surface area contributed by atoms with Crippen molar-refractivity contribution in [3.05, 3.63) is 48.0 Å². The lowest BCUT2D eigenvalue weighted by molar-refractivity contribution is 0.555. The lowest BCUT2D eigenvalue weighted by Gasteiger charge is -2.06. The van der Waals surface area contributed by atoms with Gasteiger partial charge in [0.15, 0.2) is 11.7 Å². The number of nitrogens with zero attached hydrogens (tertiary/aromatic N) is 4. The number of allylic oxidation sites excluding steroid dienone is 1. The molecule has 0 fully saturated rings. The molecule has 0 N–H and O–H groups in total. The lowest BCUT2D eigenvalue weighted by Crippen LogP contribution is -2.06. The maximum Gasteiger partial charge on any atom is 0.195 e. The van der Waals surface area contributed by atoms with E-state index in [1.165, 1.54) is 0 Å². The Morgan fingerprint density at radius 3 is 2.68 bits per heavy atom. The second kappa shape index (κ2) is 5.41. The number of furan rings is 1. The van der Waals surface area contributed by atoms with Crippen LogP contribution in [0.5, 0.6) is 0 Å². The summed E-state index contributed by atoms with van der Waals surface area (Å²) in [4.78, 5) is 6.42. The number of aromatic nitrogens is 2. The molecule has 2 heterocycles. The minimum absolute atomic E-state index is 0.471. The van der Waals surface area contributed by atoms with Gasteiger partial charge < -0.3 is 13.9 Å². The molecular weight excluding hydrogens is 276 g/mol. The van der Waals surface area contributed by atoms with Gasteiger partial charge in [-0.3, -0.25) is 0 Å². The normalized spacial score (nSPS) is 11.6. The van der Waals surface area contributed by atoms with E-state index < -0.39 is 0 Å². The van der Waals surface area contributed by atoms with Crippen molar-refractivity contribution in [1.29, 1.82) is 5.26 Å². The molecule has 0 amide bonds. The van der Waals surface area contributed by atoms with Crippen molar-refractivity contribution in [3.63, 3.8) is 0 Å². The molecule has 0 bridgehead atoms. The molecule has 5 nitrogen and oxygen atoms in total. The Bertz CT molecular complexity index is 893. The molecule has 5 heteroatoms. The zero-order valence-corrected chi connectivity index (χ0v) is 12.7. The van der Waals surface area contributed by atoms with E-state index in [0.717, 1.165) is 16.9 Å². The van der Waals surface area contributed by atoms with E-state index in [1.54, 1.807) is 6.08 Å². The van der Waals surface area contributed by atoms with Crippen molar-refractivity contribution in [2.24, 2.45) is 7.05 Å². The number of hydrogen-bond acceptors (Lipinski definition) is 4. The van der Waals surface area contributed by atoms with Gasteiger partial charge in [0.2, 0.25) is 0 Å². The fourth-order valence-electron chi connectivity index (χ4n) is 2.34. The summed E-state index contributed by atoms with van der Waals surface area (Å²) in [6.45, 7) is 0. The minimum Gasteiger partial charge on any atom is -0.441 e. The van der Waals surface area contributed by atoms with Gasteiger partial charge in [0.25, 0.3) is 0 Å². The van der Waals surface area contributed by atoms with Gasteiger partial charge in [0.1, 0.15) is 11.8 Å². The molecule has 2 aromatic heterocycles. The van der Waals surface area contributed by atoms with Crippen LogP contribution < -0.4 is 4.90 Å². The molecule has 1 aromatic carbocycles. The maximum absolute atomic E-state index is 9.48. The molecule has 3 aromatic rings. The number of rotatable bonds is 3. The standard InChI is InChI=1S/C17H16N4O/c1-20(2)16-9-8-13(22-16)10-12(11-18)17-19-14-6-4-5-7-15(14)21(17)3/h4-10H,1-3H3/b12-10+. The van der Waals surface area contributed by atoms with E-state index in [0.29, 0.717) is 17.2 Å². The maximum atomic E-state index is 9.48. The third-order valence-electron chi connectivity index (χ3n) is 3.49. The largest absolute Gasteiger partial charge is 0.441 e. The Hall–Kier alpha value is -3.00. The van der Waals surface area contributed by atoms with Crippen molar-refractivity contribution in [2.75, 3.05) is 19.0 Å². The van der Waals surface area contributed by atoms with Gasteiger partial charge in [0, 0.05) is 33.3 Å². The number of nitriles is 1. The zero-order valence-electron chi connectivity index (χ0n) is 12.7. The minimum atomic E-state index is 0.471. The highest BCUT2D eigenvalue weighted by Crippen LogP contribution is 2.24. The first-order valence-corrected chi connectivity index (χ1v) is 6.91. The molecule has 110 valence electrons. The monoisotopic (exact) mass is 292 g/mol. The van der Waals surface area contributed by atoms with Crippen LogP contribution in [0.4, 0.5) is 5.88 Å². The van der Waals surface area contributed by atoms with Gasteiger partial charge in [-0.15, -0.1) is 0 Å². The molecule has 0 unspecified atom stereocenters. The summed E-state index contributed by atoms with van der Waals surface area (Å²) < 4.78 is 7.59. The molecular formula is C17H16N4O. The highest BCUT2D eigenvalue weighted by Gasteiger charge is 2.12. The Labute approximate surface area is 128 Å². The summed E-state index contributed by atoms with van der Waals surface area (Å²) in [6.07, 6.45) is 1.72. The average Bonchev–Trinajstić information content (AvgIpc) is 3.11. The van der Waals surface area contributed by atoms with E-state index in [9.17, 15) is 5.26 Å². The first-order valence-electron chi connectivity index (χ1n) is 6.91. The summed E-state index contributed by atoms with van der Waals surface area (Å²) in [7, 11) is 5.72. The highest BCUT2D eigenvalue weighted by molar-refractivity contribution is 5.90. The SMILES string of the molecule is CN(C)c1ccc(/C=C(\C#N)c2nc3ccccc3n2C)o1. The molecule has 22 heavy (non-hydrogen) atoms. The van der Waals surface area contributed by atoms with E-state index in [-0.39, 0.29) is 0 Å². The lowest BCUT2D eigenvalue weighted by atomic mass is 10.2. The summed E-state index contributed by atoms with van der Waals surface area (Å²) in [5.74, 6) is 2.01. The molecule has 0 spiro atoms. The fraction of sp³-hybridized carbons (Fsp3) is 0.176. The number of benzene rings is 1. The summed E-state index contributed by atoms with van der Waals surface area (Å²) in [6, 6.07) is 13.7. The molecule has 0 aliphatic heterocycles. The number of aryl methyl sites for hydroxylation is 1. The van der Waals surface area contributed by atoms with Crippen molar-refractivity contribution in [3.8, 4) is 6.07 Å². The van der Waals surface area contributed by atoms with Gasteiger partial charge in [-0.25, -0.2) is 4.98 Å². The van der Waals surface area contributed by atoms with Crippen molar-refractivity contribution in [1.82, 2.24) is 9.55 Å². The van der Waals surface area contributed by atoms with Crippen LogP contribution in [0.25, 0.3) is 22.7 Å². The van der Waals surface area contributed by atoms with Gasteiger partial charge in [-0.05, 0) is 18.2 Å². The Morgan fingerprint density at radius 1 is 1.27 bits per heavy atom. The van der Waals surface area contributed by atoms with E-state index in [4.69, 9.17) is 4.42 Å². The summed E-state index contributed by atoms with van der Waals surface area (Å²) in [5.41, 5.74) is 2.33. The number of hydrogen-bond donors (Lipinski definition) is 0. The van der Waals surface area contributed by atoms with Gasteiger partial charge in [0.05, 0.1) is 16.6 Å². The third kappa shape index (κ3) is 2.35. The van der Waals surface area contributed by atoms with Crippen LogP contribution in [0.3, 0.4) is 0 Å². The molecule has 0 saturated carbocycles. The zero-order chi connectivity index (χ0) is 15.7. The summed E-state index contributed by atoms with van der Waals surface area (Å²) in [5, 5.41) is 9.48. The Balaban J connectivity index is 2.07. The second-order valence-electron chi connectivity index (χ2n) is 5.22. The van der Waals surface area contributed by atoms with Gasteiger partial charge in [-0.1, -0.05) is 12.1 Å². The van der Waals surface area contributed by atoms with Crippen LogP contribution in [-0.2, 0) is 7.05 Å². The number of para-hydroxylation sites is 2. The van der Waals surface area contributed by atoms with E-state index >= 15 is 0 Å². The molecule has 0 saturated heterocycles. The predicted octanol–water partition coefficient (Wildman–Crippen LogP) is 3.30. The second-order valence-corrected chi connectivity index (χ2v) is 5.22. The van der Waals surface area contributed by atoms with Crippen LogP contribution in [-0.4, -0.2) is 23.6 Å². The predicted molar refractivity (Wildman–Crippen MR) is 87.2 cm³/mol. The molecule has 0 radical (unpaired) electrons. The topological polar surface area (TPSA) is 58.0 Å². The smallest absolute Gasteiger partial charge is 0.195 e. The van der Waals surface area contributed by atoms with Gasteiger partial charge in [-0.2, -0.15) is 5.26 Å². The van der Waals surface area contributed by atoms with Crippen LogP contribution in [0, 0.1) is 11.3 Å². The fourth-order valence-corrected chi connectivity index (χ4v) is 2.34.